The molecule has 0 atom stereocenters. The number of ether oxygens (including phenoxy) is 1. The van der Waals surface area contributed by atoms with Gasteiger partial charge in [0.05, 0.1) is 22.7 Å². The van der Waals surface area contributed by atoms with Crippen LogP contribution in [0.3, 0.4) is 0 Å². The molecule has 1 aromatic heterocycles. The van der Waals surface area contributed by atoms with Gasteiger partial charge in [0, 0.05) is 5.56 Å². The molecule has 0 unspecified atom stereocenters. The van der Waals surface area contributed by atoms with Crippen LogP contribution in [-0.4, -0.2) is 25.7 Å². The lowest BCUT2D eigenvalue weighted by atomic mass is 10.3. The van der Waals surface area contributed by atoms with E-state index >= 15 is 0 Å². The lowest BCUT2D eigenvalue weighted by Gasteiger charge is -2.09. The molecule has 0 aliphatic rings. The van der Waals surface area contributed by atoms with Crippen LogP contribution < -0.4 is 9.46 Å². The van der Waals surface area contributed by atoms with E-state index in [1.165, 1.54) is 19.2 Å². The summed E-state index contributed by atoms with van der Waals surface area (Å²) in [4.78, 5) is 0.141. The number of aromatic nitrogens is 2. The van der Waals surface area contributed by atoms with E-state index in [0.717, 1.165) is 5.56 Å². The first kappa shape index (κ1) is 14.9. The molecule has 0 saturated carbocycles. The highest BCUT2D eigenvalue weighted by atomic mass is 79.9. The van der Waals surface area contributed by atoms with Crippen molar-refractivity contribution in [2.24, 2.45) is 0 Å². The van der Waals surface area contributed by atoms with Gasteiger partial charge in [-0.1, -0.05) is 6.92 Å². The number of halogens is 1. The van der Waals surface area contributed by atoms with Crippen LogP contribution in [0.2, 0.25) is 0 Å². The third kappa shape index (κ3) is 2.96. The summed E-state index contributed by atoms with van der Waals surface area (Å²) in [5.41, 5.74) is 0.807. The number of hydrogen-bond acceptors (Lipinski definition) is 4. The number of rotatable bonds is 5. The van der Waals surface area contributed by atoms with E-state index in [1.807, 2.05) is 6.92 Å². The average molecular weight is 360 g/mol. The van der Waals surface area contributed by atoms with Crippen LogP contribution in [0.4, 0.5) is 5.82 Å². The number of methoxy groups -OCH3 is 1. The van der Waals surface area contributed by atoms with Gasteiger partial charge in [-0.25, -0.2) is 8.42 Å². The Morgan fingerprint density at radius 1 is 1.45 bits per heavy atom. The summed E-state index contributed by atoms with van der Waals surface area (Å²) in [5, 5.41) is 6.48. The van der Waals surface area contributed by atoms with Crippen LogP contribution in [0.25, 0.3) is 0 Å². The first-order valence-corrected chi connectivity index (χ1v) is 8.14. The molecule has 1 heterocycles. The average Bonchev–Trinajstić information content (AvgIpc) is 2.85. The van der Waals surface area contributed by atoms with Gasteiger partial charge >= 0.3 is 0 Å². The summed E-state index contributed by atoms with van der Waals surface area (Å²) in [7, 11) is -2.15. The second-order valence-corrected chi connectivity index (χ2v) is 6.56. The number of hydrogen-bond donors (Lipinski definition) is 2. The SMILES string of the molecule is CCc1cn[nH]c1NS(=O)(=O)c1ccc(OC)c(Br)c1. The maximum absolute atomic E-state index is 12.3. The van der Waals surface area contributed by atoms with E-state index < -0.39 is 10.0 Å². The Morgan fingerprint density at radius 2 is 2.20 bits per heavy atom. The second kappa shape index (κ2) is 5.84. The van der Waals surface area contributed by atoms with E-state index in [-0.39, 0.29) is 4.90 Å². The lowest BCUT2D eigenvalue weighted by molar-refractivity contribution is 0.411. The highest BCUT2D eigenvalue weighted by Crippen LogP contribution is 2.28. The van der Waals surface area contributed by atoms with Gasteiger partial charge in [-0.3, -0.25) is 9.82 Å². The Balaban J connectivity index is 2.33. The Labute approximate surface area is 125 Å². The molecule has 0 amide bonds. The fourth-order valence-electron chi connectivity index (χ4n) is 1.68. The van der Waals surface area contributed by atoms with Crippen molar-refractivity contribution in [3.05, 3.63) is 34.4 Å². The molecule has 0 aliphatic carbocycles. The molecular weight excluding hydrogens is 346 g/mol. The number of aromatic amines is 1. The Hall–Kier alpha value is -1.54. The fraction of sp³-hybridized carbons (Fsp3) is 0.250. The number of nitrogens with one attached hydrogen (secondary N) is 2. The molecule has 8 heteroatoms. The maximum Gasteiger partial charge on any atom is 0.263 e. The third-order valence-electron chi connectivity index (χ3n) is 2.77. The number of aryl methyl sites for hydroxylation is 1. The first-order chi connectivity index (χ1) is 9.47. The molecule has 20 heavy (non-hydrogen) atoms. The van der Waals surface area contributed by atoms with Gasteiger partial charge in [0.2, 0.25) is 0 Å². The molecule has 0 radical (unpaired) electrons. The Morgan fingerprint density at radius 3 is 2.80 bits per heavy atom. The summed E-state index contributed by atoms with van der Waals surface area (Å²) < 4.78 is 32.7. The largest absolute Gasteiger partial charge is 0.496 e. The van der Waals surface area contributed by atoms with Gasteiger partial charge in [-0.15, -0.1) is 0 Å². The molecule has 6 nitrogen and oxygen atoms in total. The van der Waals surface area contributed by atoms with Crippen molar-refractivity contribution in [3.63, 3.8) is 0 Å². The van der Waals surface area contributed by atoms with Crippen molar-refractivity contribution in [1.82, 2.24) is 10.2 Å². The molecule has 0 spiro atoms. The molecule has 1 aromatic carbocycles. The lowest BCUT2D eigenvalue weighted by Crippen LogP contribution is -2.14. The molecule has 108 valence electrons. The normalized spacial score (nSPS) is 11.3. The van der Waals surface area contributed by atoms with Crippen molar-refractivity contribution in [2.45, 2.75) is 18.2 Å². The molecule has 2 N–H and O–H groups in total. The molecular formula is C12H14BrN3O3S. The van der Waals surface area contributed by atoms with Gasteiger partial charge in [0.15, 0.2) is 0 Å². The minimum Gasteiger partial charge on any atom is -0.496 e. The number of anilines is 1. The van der Waals surface area contributed by atoms with Crippen molar-refractivity contribution in [3.8, 4) is 5.75 Å². The molecule has 2 rings (SSSR count). The number of benzene rings is 1. The van der Waals surface area contributed by atoms with Gasteiger partial charge < -0.3 is 4.74 Å². The second-order valence-electron chi connectivity index (χ2n) is 4.03. The third-order valence-corrected chi connectivity index (χ3v) is 4.74. The highest BCUT2D eigenvalue weighted by molar-refractivity contribution is 9.10. The van der Waals surface area contributed by atoms with Crippen molar-refractivity contribution in [1.29, 1.82) is 0 Å². The monoisotopic (exact) mass is 359 g/mol. The molecule has 0 fully saturated rings. The quantitative estimate of drug-likeness (QED) is 0.858. The summed E-state index contributed by atoms with van der Waals surface area (Å²) in [6.45, 7) is 1.92. The standard InChI is InChI=1S/C12H14BrN3O3S/c1-3-8-7-14-15-12(8)16-20(17,18)9-4-5-11(19-2)10(13)6-9/h4-7H,3H2,1-2H3,(H2,14,15,16). The van der Waals surface area contributed by atoms with E-state index in [1.54, 1.807) is 12.3 Å². The van der Waals surface area contributed by atoms with E-state index in [0.29, 0.717) is 22.5 Å². The van der Waals surface area contributed by atoms with E-state index in [2.05, 4.69) is 30.8 Å². The van der Waals surface area contributed by atoms with Crippen LogP contribution >= 0.6 is 15.9 Å². The van der Waals surface area contributed by atoms with Gasteiger partial charge in [0.1, 0.15) is 11.6 Å². The number of nitrogens with zero attached hydrogens (tertiary/aromatic N) is 1. The molecule has 0 aliphatic heterocycles. The van der Waals surface area contributed by atoms with Crippen molar-refractivity contribution in [2.75, 3.05) is 11.8 Å². The van der Waals surface area contributed by atoms with Crippen molar-refractivity contribution >= 4 is 31.8 Å². The van der Waals surface area contributed by atoms with Gasteiger partial charge in [0.25, 0.3) is 10.0 Å². The zero-order chi connectivity index (χ0) is 14.8. The Bertz CT molecular complexity index is 712. The van der Waals surface area contributed by atoms with E-state index in [4.69, 9.17) is 4.74 Å². The highest BCUT2D eigenvalue weighted by Gasteiger charge is 2.18. The summed E-state index contributed by atoms with van der Waals surface area (Å²) >= 11 is 3.27. The summed E-state index contributed by atoms with van der Waals surface area (Å²) in [5.74, 6) is 0.958. The smallest absolute Gasteiger partial charge is 0.263 e. The van der Waals surface area contributed by atoms with Crippen LogP contribution in [0.1, 0.15) is 12.5 Å². The summed E-state index contributed by atoms with van der Waals surface area (Å²) in [6, 6.07) is 4.56. The predicted octanol–water partition coefficient (Wildman–Crippen LogP) is 2.54. The molecule has 0 saturated heterocycles. The number of sulfonamides is 1. The topological polar surface area (TPSA) is 84.1 Å². The van der Waals surface area contributed by atoms with Crippen molar-refractivity contribution < 1.29 is 13.2 Å². The first-order valence-electron chi connectivity index (χ1n) is 5.86. The molecule has 2 aromatic rings. The van der Waals surface area contributed by atoms with Crippen LogP contribution in [0, 0.1) is 0 Å². The summed E-state index contributed by atoms with van der Waals surface area (Å²) in [6.07, 6.45) is 2.28. The van der Waals surface area contributed by atoms with Crippen LogP contribution in [0.15, 0.2) is 33.8 Å². The maximum atomic E-state index is 12.3. The minimum atomic E-state index is -3.67. The van der Waals surface area contributed by atoms with Gasteiger partial charge in [-0.05, 0) is 40.5 Å². The van der Waals surface area contributed by atoms with E-state index in [9.17, 15) is 8.42 Å². The minimum absolute atomic E-state index is 0.141. The predicted molar refractivity (Wildman–Crippen MR) is 79.5 cm³/mol. The zero-order valence-electron chi connectivity index (χ0n) is 11.0. The van der Waals surface area contributed by atoms with Crippen LogP contribution in [0.5, 0.6) is 5.75 Å². The van der Waals surface area contributed by atoms with Crippen LogP contribution in [-0.2, 0) is 16.4 Å². The van der Waals surface area contributed by atoms with Gasteiger partial charge in [-0.2, -0.15) is 5.10 Å². The molecule has 0 bridgehead atoms. The zero-order valence-corrected chi connectivity index (χ0v) is 13.4. The fourth-order valence-corrected chi connectivity index (χ4v) is 3.45. The number of H-pyrrole nitrogens is 1. The Kier molecular flexibility index (Phi) is 4.34.